The van der Waals surface area contributed by atoms with Gasteiger partial charge in [0, 0.05) is 23.7 Å². The Hall–Kier alpha value is -1.86. The molecular formula is C18H16Cl2N2O3S. The Labute approximate surface area is 164 Å². The van der Waals surface area contributed by atoms with Gasteiger partial charge in [0.2, 0.25) is 0 Å². The molecule has 0 N–H and O–H groups in total. The van der Waals surface area contributed by atoms with Gasteiger partial charge in [0.15, 0.2) is 4.80 Å². The summed E-state index contributed by atoms with van der Waals surface area (Å²) < 4.78 is 13.3. The Bertz CT molecular complexity index is 1030. The van der Waals surface area contributed by atoms with Crippen LogP contribution in [0.15, 0.2) is 41.4 Å². The van der Waals surface area contributed by atoms with Gasteiger partial charge in [-0.2, -0.15) is 4.99 Å². The first-order valence-corrected chi connectivity index (χ1v) is 9.31. The number of aromatic nitrogens is 1. The highest BCUT2D eigenvalue weighted by Crippen LogP contribution is 2.24. The van der Waals surface area contributed by atoms with Gasteiger partial charge in [0.25, 0.3) is 5.91 Å². The maximum atomic E-state index is 12.7. The smallest absolute Gasteiger partial charge is 0.283 e. The zero-order chi connectivity index (χ0) is 18.7. The summed E-state index contributed by atoms with van der Waals surface area (Å²) in [5, 5.41) is 1.08. The fraction of sp³-hybridized carbons (Fsp3) is 0.222. The lowest BCUT2D eigenvalue weighted by Gasteiger charge is -2.06. The number of hydrogen-bond acceptors (Lipinski definition) is 4. The maximum Gasteiger partial charge on any atom is 0.283 e. The van der Waals surface area contributed by atoms with Crippen molar-refractivity contribution in [3.63, 3.8) is 0 Å². The molecule has 0 aliphatic heterocycles. The molecule has 0 aliphatic rings. The third-order valence-electron chi connectivity index (χ3n) is 3.75. The molecule has 5 nitrogen and oxygen atoms in total. The van der Waals surface area contributed by atoms with Crippen LogP contribution >= 0.6 is 34.5 Å². The first-order chi connectivity index (χ1) is 12.5. The maximum absolute atomic E-state index is 12.7. The Balaban J connectivity index is 2.14. The quantitative estimate of drug-likeness (QED) is 0.625. The lowest BCUT2D eigenvalue weighted by Crippen LogP contribution is -2.19. The van der Waals surface area contributed by atoms with Crippen LogP contribution in [-0.2, 0) is 11.3 Å². The van der Waals surface area contributed by atoms with Gasteiger partial charge in [-0.05, 0) is 36.4 Å². The molecule has 0 unspecified atom stereocenters. The van der Waals surface area contributed by atoms with E-state index in [0.717, 1.165) is 10.2 Å². The van der Waals surface area contributed by atoms with E-state index < -0.39 is 5.91 Å². The van der Waals surface area contributed by atoms with Crippen molar-refractivity contribution in [3.05, 3.63) is 56.8 Å². The van der Waals surface area contributed by atoms with E-state index in [1.165, 1.54) is 18.4 Å². The van der Waals surface area contributed by atoms with Crippen LogP contribution < -0.4 is 9.54 Å². The molecule has 0 fully saturated rings. The topological polar surface area (TPSA) is 52.8 Å². The van der Waals surface area contributed by atoms with Crippen LogP contribution in [0.5, 0.6) is 5.75 Å². The highest BCUT2D eigenvalue weighted by atomic mass is 35.5. The molecule has 1 aromatic heterocycles. The van der Waals surface area contributed by atoms with Crippen molar-refractivity contribution >= 4 is 50.7 Å². The first kappa shape index (κ1) is 18.9. The number of thiazole rings is 1. The first-order valence-electron chi connectivity index (χ1n) is 7.74. The van der Waals surface area contributed by atoms with Crippen molar-refractivity contribution < 1.29 is 14.3 Å². The number of carbonyl (C=O) groups is 1. The molecule has 0 bridgehead atoms. The van der Waals surface area contributed by atoms with Crippen LogP contribution in [0.3, 0.4) is 0 Å². The van der Waals surface area contributed by atoms with E-state index in [9.17, 15) is 4.79 Å². The summed E-state index contributed by atoms with van der Waals surface area (Å²) in [5.74, 6) is 0.00363. The van der Waals surface area contributed by atoms with E-state index in [1.807, 2.05) is 22.8 Å². The number of methoxy groups -OCH3 is 2. The van der Waals surface area contributed by atoms with Gasteiger partial charge in [-0.1, -0.05) is 34.5 Å². The summed E-state index contributed by atoms with van der Waals surface area (Å²) in [4.78, 5) is 17.6. The Kier molecular flexibility index (Phi) is 5.98. The number of carbonyl (C=O) groups excluding carboxylic acids is 1. The molecule has 8 heteroatoms. The van der Waals surface area contributed by atoms with Crippen molar-refractivity contribution in [2.45, 2.75) is 6.54 Å². The summed E-state index contributed by atoms with van der Waals surface area (Å²) in [6, 6.07) is 10.4. The van der Waals surface area contributed by atoms with E-state index in [2.05, 4.69) is 4.99 Å². The molecule has 2 aromatic carbocycles. The number of fused-ring (bicyclic) bond motifs is 1. The highest BCUT2D eigenvalue weighted by Gasteiger charge is 2.14. The van der Waals surface area contributed by atoms with Crippen LogP contribution in [-0.4, -0.2) is 31.3 Å². The minimum atomic E-state index is -0.423. The number of amides is 1. The van der Waals surface area contributed by atoms with Crippen LogP contribution in [0, 0.1) is 0 Å². The Morgan fingerprint density at radius 2 is 1.88 bits per heavy atom. The van der Waals surface area contributed by atoms with E-state index in [0.29, 0.717) is 39.3 Å². The second-order valence-corrected chi connectivity index (χ2v) is 7.28. The van der Waals surface area contributed by atoms with E-state index in [4.69, 9.17) is 32.7 Å². The molecule has 136 valence electrons. The predicted octanol–water partition coefficient (Wildman–Crippen LogP) is 4.41. The van der Waals surface area contributed by atoms with Crippen molar-refractivity contribution in [1.82, 2.24) is 4.57 Å². The van der Waals surface area contributed by atoms with Gasteiger partial charge in [-0.3, -0.25) is 4.79 Å². The van der Waals surface area contributed by atoms with Crippen LogP contribution in [0.25, 0.3) is 10.2 Å². The monoisotopic (exact) mass is 410 g/mol. The highest BCUT2D eigenvalue weighted by molar-refractivity contribution is 7.16. The van der Waals surface area contributed by atoms with E-state index in [1.54, 1.807) is 25.3 Å². The van der Waals surface area contributed by atoms with Crippen molar-refractivity contribution in [2.24, 2.45) is 4.99 Å². The molecule has 0 radical (unpaired) electrons. The number of hydrogen-bond donors (Lipinski definition) is 0. The third kappa shape index (κ3) is 3.94. The summed E-state index contributed by atoms with van der Waals surface area (Å²) >= 11 is 13.5. The minimum Gasteiger partial charge on any atom is -0.496 e. The van der Waals surface area contributed by atoms with Gasteiger partial charge in [-0.15, -0.1) is 0 Å². The average molecular weight is 411 g/mol. The number of nitrogens with zero attached hydrogens (tertiary/aromatic N) is 2. The number of rotatable bonds is 5. The molecule has 0 saturated heterocycles. The molecule has 0 spiro atoms. The van der Waals surface area contributed by atoms with Crippen molar-refractivity contribution in [3.8, 4) is 5.75 Å². The van der Waals surface area contributed by atoms with Gasteiger partial charge < -0.3 is 14.0 Å². The van der Waals surface area contributed by atoms with E-state index in [-0.39, 0.29) is 0 Å². The summed E-state index contributed by atoms with van der Waals surface area (Å²) in [7, 11) is 3.13. The van der Waals surface area contributed by atoms with Gasteiger partial charge >= 0.3 is 0 Å². The number of halogens is 2. The van der Waals surface area contributed by atoms with Gasteiger partial charge in [0.1, 0.15) is 5.75 Å². The molecule has 26 heavy (non-hydrogen) atoms. The Morgan fingerprint density at radius 3 is 2.62 bits per heavy atom. The molecular weight excluding hydrogens is 395 g/mol. The molecule has 0 aliphatic carbocycles. The third-order valence-corrected chi connectivity index (χ3v) is 5.26. The summed E-state index contributed by atoms with van der Waals surface area (Å²) in [6.07, 6.45) is 0. The number of benzene rings is 2. The van der Waals surface area contributed by atoms with Crippen LogP contribution in [0.4, 0.5) is 0 Å². The lowest BCUT2D eigenvalue weighted by atomic mass is 10.2. The number of ether oxygens (including phenoxy) is 2. The Morgan fingerprint density at radius 1 is 1.15 bits per heavy atom. The second kappa shape index (κ2) is 8.22. The molecule has 3 rings (SSSR count). The van der Waals surface area contributed by atoms with Crippen molar-refractivity contribution in [2.75, 3.05) is 20.8 Å². The second-order valence-electron chi connectivity index (χ2n) is 5.40. The van der Waals surface area contributed by atoms with Gasteiger partial charge in [-0.25, -0.2) is 0 Å². The largest absolute Gasteiger partial charge is 0.496 e. The normalized spacial score (nSPS) is 11.9. The fourth-order valence-electron chi connectivity index (χ4n) is 2.53. The molecule has 0 atom stereocenters. The average Bonchev–Trinajstić information content (AvgIpc) is 2.95. The standard InChI is InChI=1S/C18H16Cl2N2O3S/c1-24-8-7-22-14-5-3-12(20)10-16(14)26-18(22)21-17(23)13-9-11(19)4-6-15(13)25-2/h3-6,9-10H,7-8H2,1-2H3. The van der Waals surface area contributed by atoms with Crippen molar-refractivity contribution in [1.29, 1.82) is 0 Å². The minimum absolute atomic E-state index is 0.314. The lowest BCUT2D eigenvalue weighted by molar-refractivity contribution is 0.0994. The van der Waals surface area contributed by atoms with Crippen LogP contribution in [0.2, 0.25) is 10.0 Å². The van der Waals surface area contributed by atoms with E-state index >= 15 is 0 Å². The zero-order valence-corrected chi connectivity index (χ0v) is 16.5. The predicted molar refractivity (Wildman–Crippen MR) is 105 cm³/mol. The molecule has 1 amide bonds. The molecule has 3 aromatic rings. The SMILES string of the molecule is COCCn1c(=NC(=O)c2cc(Cl)ccc2OC)sc2cc(Cl)ccc21. The van der Waals surface area contributed by atoms with Crippen LogP contribution in [0.1, 0.15) is 10.4 Å². The summed E-state index contributed by atoms with van der Waals surface area (Å²) in [5.41, 5.74) is 1.26. The summed E-state index contributed by atoms with van der Waals surface area (Å²) in [6.45, 7) is 1.06. The zero-order valence-electron chi connectivity index (χ0n) is 14.2. The molecule has 0 saturated carbocycles. The molecule has 1 heterocycles. The van der Waals surface area contributed by atoms with Gasteiger partial charge in [0.05, 0.1) is 29.5 Å². The fourth-order valence-corrected chi connectivity index (χ4v) is 4.03.